The number of aryl methyl sites for hydroxylation is 2. The quantitative estimate of drug-likeness (QED) is 0.134. The maximum absolute atomic E-state index is 13.3. The Kier molecular flexibility index (Phi) is 12.7. The summed E-state index contributed by atoms with van der Waals surface area (Å²) < 4.78 is 42.1. The number of rotatable bonds is 16. The first-order chi connectivity index (χ1) is 19.9. The van der Waals surface area contributed by atoms with E-state index in [2.05, 4.69) is 38.0 Å². The van der Waals surface area contributed by atoms with Crippen molar-refractivity contribution in [2.75, 3.05) is 48.2 Å². The van der Waals surface area contributed by atoms with Crippen LogP contribution >= 0.6 is 19.3 Å². The van der Waals surface area contributed by atoms with Crippen molar-refractivity contribution in [3.8, 4) is 17.2 Å². The lowest BCUT2D eigenvalue weighted by molar-refractivity contribution is -0.0635. The zero-order chi connectivity index (χ0) is 30.8. The van der Waals surface area contributed by atoms with Crippen LogP contribution in [0.25, 0.3) is 0 Å². The van der Waals surface area contributed by atoms with Gasteiger partial charge in [0.15, 0.2) is 6.79 Å². The van der Waals surface area contributed by atoms with E-state index in [1.807, 2.05) is 67.5 Å². The molecule has 0 spiro atoms. The second kappa shape index (κ2) is 15.8. The lowest BCUT2D eigenvalue weighted by Crippen LogP contribution is -2.34. The molecule has 1 N–H and O–H groups in total. The number of benzene rings is 3. The molecule has 2 unspecified atom stereocenters. The number of hydrogen-bond acceptors (Lipinski definition) is 7. The van der Waals surface area contributed by atoms with E-state index in [9.17, 15) is 4.57 Å². The summed E-state index contributed by atoms with van der Waals surface area (Å²) in [5.74, 6) is 1.91. The number of nitrogens with one attached hydrogen (secondary N) is 1. The van der Waals surface area contributed by atoms with Crippen molar-refractivity contribution in [3.63, 3.8) is 0 Å². The van der Waals surface area contributed by atoms with E-state index in [0.717, 1.165) is 35.5 Å². The summed E-state index contributed by atoms with van der Waals surface area (Å²) in [6, 6.07) is 21.5. The molecule has 0 saturated carbocycles. The molecule has 3 rings (SSSR count). The SMILES string of the molecule is CNP(=O)(OCOC(COc1ccccc1CCc1cccc(OC)c1)CN(C)C)Oc1ccc(C(C)(C)C)cc1Cl. The molecule has 8 nitrogen and oxygen atoms in total. The van der Waals surface area contributed by atoms with Gasteiger partial charge in [-0.15, -0.1) is 0 Å². The van der Waals surface area contributed by atoms with Gasteiger partial charge >= 0.3 is 7.75 Å². The highest BCUT2D eigenvalue weighted by atomic mass is 35.5. The van der Waals surface area contributed by atoms with Gasteiger partial charge in [0, 0.05) is 6.54 Å². The predicted molar refractivity (Wildman–Crippen MR) is 169 cm³/mol. The van der Waals surface area contributed by atoms with Crippen LogP contribution in [0, 0.1) is 0 Å². The molecule has 230 valence electrons. The van der Waals surface area contributed by atoms with Crippen molar-refractivity contribution in [1.82, 2.24) is 9.99 Å². The summed E-state index contributed by atoms with van der Waals surface area (Å²) in [6.45, 7) is 6.85. The van der Waals surface area contributed by atoms with Crippen LogP contribution in [0.3, 0.4) is 0 Å². The summed E-state index contributed by atoms with van der Waals surface area (Å²) in [4.78, 5) is 1.99. The predicted octanol–water partition coefficient (Wildman–Crippen LogP) is 7.14. The lowest BCUT2D eigenvalue weighted by Gasteiger charge is -2.24. The van der Waals surface area contributed by atoms with Crippen LogP contribution in [0.1, 0.15) is 37.5 Å². The van der Waals surface area contributed by atoms with Crippen LogP contribution in [-0.2, 0) is 32.1 Å². The molecule has 0 aliphatic carbocycles. The van der Waals surface area contributed by atoms with Gasteiger partial charge in [-0.1, -0.05) is 68.8 Å². The fourth-order valence-electron chi connectivity index (χ4n) is 4.21. The minimum absolute atomic E-state index is 0.0841. The highest BCUT2D eigenvalue weighted by Gasteiger charge is 2.27. The maximum atomic E-state index is 13.3. The Bertz CT molecular complexity index is 1330. The van der Waals surface area contributed by atoms with E-state index < -0.39 is 7.75 Å². The Morgan fingerprint density at radius 2 is 1.74 bits per heavy atom. The Labute approximate surface area is 255 Å². The van der Waals surface area contributed by atoms with Crippen molar-refractivity contribution in [2.24, 2.45) is 0 Å². The van der Waals surface area contributed by atoms with Crippen LogP contribution < -0.4 is 19.1 Å². The average Bonchev–Trinajstić information content (AvgIpc) is 2.95. The maximum Gasteiger partial charge on any atom is 0.460 e. The van der Waals surface area contributed by atoms with Gasteiger partial charge in [-0.3, -0.25) is 4.52 Å². The monoisotopic (exact) mass is 618 g/mol. The molecule has 2 atom stereocenters. The van der Waals surface area contributed by atoms with Crippen LogP contribution in [0.2, 0.25) is 5.02 Å². The van der Waals surface area contributed by atoms with Gasteiger partial charge in [0.25, 0.3) is 0 Å². The highest BCUT2D eigenvalue weighted by Crippen LogP contribution is 2.46. The molecule has 10 heteroatoms. The molecule has 0 aliphatic rings. The minimum Gasteiger partial charge on any atom is -0.497 e. The van der Waals surface area contributed by atoms with Crippen molar-refractivity contribution in [1.29, 1.82) is 0 Å². The van der Waals surface area contributed by atoms with Crippen LogP contribution in [0.4, 0.5) is 0 Å². The van der Waals surface area contributed by atoms with E-state index in [4.69, 9.17) is 34.9 Å². The minimum atomic E-state index is -3.75. The molecule has 0 bridgehead atoms. The van der Waals surface area contributed by atoms with Crippen LogP contribution in [0.15, 0.2) is 66.7 Å². The van der Waals surface area contributed by atoms with Gasteiger partial charge < -0.3 is 23.6 Å². The first-order valence-corrected chi connectivity index (χ1v) is 15.9. The zero-order valence-corrected chi connectivity index (χ0v) is 27.3. The molecule has 3 aromatic carbocycles. The van der Waals surface area contributed by atoms with Crippen molar-refractivity contribution in [3.05, 3.63) is 88.4 Å². The average molecular weight is 619 g/mol. The number of ether oxygens (including phenoxy) is 3. The summed E-state index contributed by atoms with van der Waals surface area (Å²) in [7, 11) is 3.32. The Morgan fingerprint density at radius 1 is 0.976 bits per heavy atom. The summed E-state index contributed by atoms with van der Waals surface area (Å²) in [6.07, 6.45) is 1.31. The fraction of sp³-hybridized carbons (Fsp3) is 0.438. The van der Waals surface area contributed by atoms with E-state index in [-0.39, 0.29) is 30.7 Å². The van der Waals surface area contributed by atoms with Crippen molar-refractivity contribution < 1.29 is 27.8 Å². The van der Waals surface area contributed by atoms with Gasteiger partial charge in [0.2, 0.25) is 0 Å². The smallest absolute Gasteiger partial charge is 0.460 e. The number of hydrogen-bond donors (Lipinski definition) is 1. The first kappa shape index (κ1) is 33.9. The molecular formula is C32H44ClN2O6P. The number of methoxy groups -OCH3 is 1. The highest BCUT2D eigenvalue weighted by molar-refractivity contribution is 7.52. The zero-order valence-electron chi connectivity index (χ0n) is 25.7. The van der Waals surface area contributed by atoms with E-state index in [0.29, 0.717) is 11.6 Å². The number of nitrogens with zero attached hydrogens (tertiary/aromatic N) is 1. The third-order valence-electron chi connectivity index (χ3n) is 6.60. The Morgan fingerprint density at radius 3 is 2.40 bits per heavy atom. The summed E-state index contributed by atoms with van der Waals surface area (Å²) in [5.41, 5.74) is 3.25. The fourth-order valence-corrected chi connectivity index (χ4v) is 5.37. The summed E-state index contributed by atoms with van der Waals surface area (Å²) in [5, 5.41) is 2.99. The molecule has 0 radical (unpaired) electrons. The number of halogens is 1. The molecule has 0 aliphatic heterocycles. The second-order valence-electron chi connectivity index (χ2n) is 11.3. The Hall–Kier alpha value is -2.58. The van der Waals surface area contributed by atoms with Gasteiger partial charge in [0.05, 0.1) is 12.1 Å². The van der Waals surface area contributed by atoms with Gasteiger partial charge in [-0.2, -0.15) is 0 Å². The molecule has 42 heavy (non-hydrogen) atoms. The molecule has 0 heterocycles. The van der Waals surface area contributed by atoms with Gasteiger partial charge in [-0.05, 0) is 86.4 Å². The van der Waals surface area contributed by atoms with Crippen molar-refractivity contribution >= 4 is 19.3 Å². The second-order valence-corrected chi connectivity index (χ2v) is 13.6. The van der Waals surface area contributed by atoms with Crippen molar-refractivity contribution in [2.45, 2.75) is 45.1 Å². The third-order valence-corrected chi connectivity index (χ3v) is 8.33. The third kappa shape index (κ3) is 10.6. The topological polar surface area (TPSA) is 78.5 Å². The number of para-hydroxylation sites is 1. The van der Waals surface area contributed by atoms with Gasteiger partial charge in [-0.25, -0.2) is 9.65 Å². The van der Waals surface area contributed by atoms with Crippen LogP contribution in [0.5, 0.6) is 17.2 Å². The number of likely N-dealkylation sites (N-methyl/N-ethyl adjacent to an activating group) is 1. The van der Waals surface area contributed by atoms with E-state index in [1.165, 1.54) is 12.6 Å². The van der Waals surface area contributed by atoms with E-state index >= 15 is 0 Å². The molecule has 0 fully saturated rings. The molecule has 0 aromatic heterocycles. The normalized spacial score (nSPS) is 13.9. The largest absolute Gasteiger partial charge is 0.497 e. The molecule has 0 amide bonds. The van der Waals surface area contributed by atoms with E-state index in [1.54, 1.807) is 13.2 Å². The molecular weight excluding hydrogens is 575 g/mol. The molecule has 0 saturated heterocycles. The molecule has 3 aromatic rings. The first-order valence-electron chi connectivity index (χ1n) is 14.0. The van der Waals surface area contributed by atoms with Gasteiger partial charge in [0.1, 0.15) is 30.0 Å². The van der Waals surface area contributed by atoms with Crippen LogP contribution in [-0.4, -0.2) is 59.2 Å². The summed E-state index contributed by atoms with van der Waals surface area (Å²) >= 11 is 6.43. The lowest BCUT2D eigenvalue weighted by atomic mass is 9.87. The Balaban J connectivity index is 1.59. The standard InChI is InChI=1S/C32H44ClN2O6P/c1-32(2,3)26-17-18-31(29(33)20-26)41-42(36,34-4)40-23-39-28(21-35(5)6)22-38-30-14-9-8-12-25(30)16-15-24-11-10-13-27(19-24)37-7/h8-14,17-20,28H,15-16,21-23H2,1-7H3,(H,34,36).